The molecule has 3 aromatic rings. The van der Waals surface area contributed by atoms with Gasteiger partial charge in [-0.2, -0.15) is 5.26 Å². The highest BCUT2D eigenvalue weighted by Crippen LogP contribution is 2.25. The van der Waals surface area contributed by atoms with Crippen molar-refractivity contribution in [1.29, 1.82) is 5.26 Å². The second kappa shape index (κ2) is 8.26. The third-order valence-corrected chi connectivity index (χ3v) is 4.42. The van der Waals surface area contributed by atoms with Gasteiger partial charge in [0.25, 0.3) is 0 Å². The monoisotopic (exact) mass is 344 g/mol. The van der Waals surface area contributed by atoms with E-state index < -0.39 is 0 Å². The lowest BCUT2D eigenvalue weighted by Gasteiger charge is -2.12. The van der Waals surface area contributed by atoms with E-state index in [4.69, 9.17) is 4.74 Å². The highest BCUT2D eigenvalue weighted by molar-refractivity contribution is 5.90. The van der Waals surface area contributed by atoms with Crippen molar-refractivity contribution >= 4 is 16.7 Å². The van der Waals surface area contributed by atoms with Crippen molar-refractivity contribution in [3.63, 3.8) is 0 Å². The summed E-state index contributed by atoms with van der Waals surface area (Å²) in [5.74, 6) is -0.181. The summed E-state index contributed by atoms with van der Waals surface area (Å²) in [6.45, 7) is 2.21. The molecular weight excluding hydrogens is 324 g/mol. The van der Waals surface area contributed by atoms with Gasteiger partial charge in [0.2, 0.25) is 0 Å². The minimum absolute atomic E-state index is 0.181. The number of carbonyl (C=O) groups is 1. The number of benzene rings is 2. The molecule has 0 saturated carbocycles. The topological polar surface area (TPSA) is 63.0 Å². The number of carbonyl (C=O) groups excluding carboxylic acids is 1. The molecule has 0 aliphatic carbocycles. The fourth-order valence-electron chi connectivity index (χ4n) is 3.15. The average Bonchev–Trinajstić information content (AvgIpc) is 2.68. The predicted octanol–water partition coefficient (Wildman–Crippen LogP) is 4.19. The van der Waals surface area contributed by atoms with Crippen LogP contribution in [0.5, 0.6) is 0 Å². The van der Waals surface area contributed by atoms with Crippen molar-refractivity contribution in [2.45, 2.75) is 26.2 Å². The van der Waals surface area contributed by atoms with Gasteiger partial charge in [-0.15, -0.1) is 0 Å². The molecule has 0 spiro atoms. The Kier molecular flexibility index (Phi) is 5.60. The van der Waals surface area contributed by atoms with E-state index in [1.165, 1.54) is 0 Å². The van der Waals surface area contributed by atoms with Crippen molar-refractivity contribution in [1.82, 2.24) is 4.98 Å². The Balaban J connectivity index is 1.90. The van der Waals surface area contributed by atoms with Crippen LogP contribution < -0.4 is 0 Å². The number of hydrogen-bond donors (Lipinski definition) is 0. The molecule has 1 aromatic heterocycles. The number of ether oxygens (including phenoxy) is 1. The quantitative estimate of drug-likeness (QED) is 0.629. The first-order chi connectivity index (χ1) is 12.7. The van der Waals surface area contributed by atoms with Crippen molar-refractivity contribution in [3.8, 4) is 6.07 Å². The summed E-state index contributed by atoms with van der Waals surface area (Å²) in [5.41, 5.74) is 4.01. The largest absolute Gasteiger partial charge is 0.466 e. The van der Waals surface area contributed by atoms with E-state index in [-0.39, 0.29) is 5.97 Å². The summed E-state index contributed by atoms with van der Waals surface area (Å²) >= 11 is 0. The van der Waals surface area contributed by atoms with Crippen LogP contribution in [0.3, 0.4) is 0 Å². The Morgan fingerprint density at radius 2 is 1.88 bits per heavy atom. The molecule has 0 saturated heterocycles. The first-order valence-electron chi connectivity index (χ1n) is 8.71. The summed E-state index contributed by atoms with van der Waals surface area (Å²) in [5, 5.41) is 11.4. The molecule has 0 radical (unpaired) electrons. The van der Waals surface area contributed by atoms with E-state index in [1.54, 1.807) is 6.20 Å². The van der Waals surface area contributed by atoms with Crippen molar-refractivity contribution in [2.24, 2.45) is 0 Å². The molecule has 0 unspecified atom stereocenters. The van der Waals surface area contributed by atoms with E-state index in [0.29, 0.717) is 31.4 Å². The predicted molar refractivity (Wildman–Crippen MR) is 101 cm³/mol. The van der Waals surface area contributed by atoms with E-state index in [9.17, 15) is 10.1 Å². The van der Waals surface area contributed by atoms with Crippen LogP contribution >= 0.6 is 0 Å². The van der Waals surface area contributed by atoms with Gasteiger partial charge in [-0.05, 0) is 59.4 Å². The summed E-state index contributed by atoms with van der Waals surface area (Å²) < 4.78 is 5.02. The SMILES string of the molecule is CCOC(=O)CCc1ccncc1Cc1ccc(C#N)c2ccccc12. The van der Waals surface area contributed by atoms with Gasteiger partial charge in [-0.3, -0.25) is 9.78 Å². The lowest BCUT2D eigenvalue weighted by molar-refractivity contribution is -0.143. The van der Waals surface area contributed by atoms with Crippen LogP contribution in [-0.4, -0.2) is 17.6 Å². The first-order valence-corrected chi connectivity index (χ1v) is 8.71. The van der Waals surface area contributed by atoms with Gasteiger partial charge in [0.05, 0.1) is 18.2 Å². The van der Waals surface area contributed by atoms with Crippen LogP contribution in [0.1, 0.15) is 35.6 Å². The zero-order chi connectivity index (χ0) is 18.4. The molecule has 3 rings (SSSR count). The van der Waals surface area contributed by atoms with E-state index in [2.05, 4.69) is 11.1 Å². The number of hydrogen-bond acceptors (Lipinski definition) is 4. The van der Waals surface area contributed by atoms with Gasteiger partial charge in [-0.1, -0.05) is 30.3 Å². The maximum atomic E-state index is 11.7. The number of pyridine rings is 1. The van der Waals surface area contributed by atoms with Gasteiger partial charge in [0.15, 0.2) is 0 Å². The fourth-order valence-corrected chi connectivity index (χ4v) is 3.15. The molecular formula is C22H20N2O2. The Morgan fingerprint density at radius 1 is 1.08 bits per heavy atom. The Bertz CT molecular complexity index is 973. The van der Waals surface area contributed by atoms with Gasteiger partial charge >= 0.3 is 5.97 Å². The lowest BCUT2D eigenvalue weighted by atomic mass is 9.93. The maximum absolute atomic E-state index is 11.7. The van der Waals surface area contributed by atoms with Gasteiger partial charge in [-0.25, -0.2) is 0 Å². The summed E-state index contributed by atoms with van der Waals surface area (Å²) in [4.78, 5) is 15.9. The number of aromatic nitrogens is 1. The molecule has 130 valence electrons. The van der Waals surface area contributed by atoms with Crippen molar-refractivity contribution < 1.29 is 9.53 Å². The second-order valence-corrected chi connectivity index (χ2v) is 6.06. The number of aryl methyl sites for hydroxylation is 1. The molecule has 0 atom stereocenters. The van der Waals surface area contributed by atoms with Crippen LogP contribution in [0.25, 0.3) is 10.8 Å². The normalized spacial score (nSPS) is 10.5. The Hall–Kier alpha value is -3.19. The third kappa shape index (κ3) is 3.89. The summed E-state index contributed by atoms with van der Waals surface area (Å²) in [6, 6.07) is 16.0. The van der Waals surface area contributed by atoms with E-state index in [0.717, 1.165) is 27.5 Å². The highest BCUT2D eigenvalue weighted by Gasteiger charge is 2.10. The zero-order valence-electron chi connectivity index (χ0n) is 14.7. The number of fused-ring (bicyclic) bond motifs is 1. The highest BCUT2D eigenvalue weighted by atomic mass is 16.5. The molecule has 0 N–H and O–H groups in total. The smallest absolute Gasteiger partial charge is 0.306 e. The third-order valence-electron chi connectivity index (χ3n) is 4.42. The number of rotatable bonds is 6. The van der Waals surface area contributed by atoms with E-state index >= 15 is 0 Å². The number of nitrogens with zero attached hydrogens (tertiary/aromatic N) is 2. The molecule has 0 bridgehead atoms. The minimum Gasteiger partial charge on any atom is -0.466 e. The standard InChI is InChI=1S/C22H20N2O2/c1-2-26-22(25)10-9-16-11-12-24-15-19(16)13-17-7-8-18(14-23)21-6-4-3-5-20(17)21/h3-8,11-12,15H,2,9-10,13H2,1H3. The molecule has 0 aliphatic rings. The van der Waals surface area contributed by atoms with E-state index in [1.807, 2.05) is 55.6 Å². The van der Waals surface area contributed by atoms with Crippen LogP contribution in [0.15, 0.2) is 54.9 Å². The van der Waals surface area contributed by atoms with Gasteiger partial charge in [0.1, 0.15) is 0 Å². The van der Waals surface area contributed by atoms with Crippen LogP contribution in [0, 0.1) is 11.3 Å². The first kappa shape index (κ1) is 17.6. The summed E-state index contributed by atoms with van der Waals surface area (Å²) in [6.07, 6.45) is 5.30. The molecule has 4 heteroatoms. The molecule has 2 aromatic carbocycles. The van der Waals surface area contributed by atoms with Crippen LogP contribution in [0.4, 0.5) is 0 Å². The number of nitriles is 1. The van der Waals surface area contributed by atoms with Crippen molar-refractivity contribution in [2.75, 3.05) is 6.61 Å². The van der Waals surface area contributed by atoms with Crippen LogP contribution in [0.2, 0.25) is 0 Å². The molecule has 0 fully saturated rings. The fraction of sp³-hybridized carbons (Fsp3) is 0.227. The number of esters is 1. The summed E-state index contributed by atoms with van der Waals surface area (Å²) in [7, 11) is 0. The molecule has 4 nitrogen and oxygen atoms in total. The van der Waals surface area contributed by atoms with Gasteiger partial charge < -0.3 is 4.74 Å². The second-order valence-electron chi connectivity index (χ2n) is 6.06. The van der Waals surface area contributed by atoms with Crippen LogP contribution in [-0.2, 0) is 22.4 Å². The lowest BCUT2D eigenvalue weighted by Crippen LogP contribution is -2.06. The Morgan fingerprint density at radius 3 is 2.65 bits per heavy atom. The molecule has 0 aliphatic heterocycles. The average molecular weight is 344 g/mol. The Labute approximate surface area is 153 Å². The molecule has 1 heterocycles. The van der Waals surface area contributed by atoms with Gasteiger partial charge in [0, 0.05) is 18.8 Å². The maximum Gasteiger partial charge on any atom is 0.306 e. The zero-order valence-corrected chi connectivity index (χ0v) is 14.7. The van der Waals surface area contributed by atoms with Crippen molar-refractivity contribution in [3.05, 3.63) is 77.1 Å². The molecule has 0 amide bonds. The minimum atomic E-state index is -0.181. The molecule has 26 heavy (non-hydrogen) atoms.